The van der Waals surface area contributed by atoms with Crippen LogP contribution in [0.25, 0.3) is 0 Å². The summed E-state index contributed by atoms with van der Waals surface area (Å²) in [6.45, 7) is 4.54. The Morgan fingerprint density at radius 3 is 2.75 bits per heavy atom. The molecule has 0 saturated carbocycles. The van der Waals surface area contributed by atoms with Crippen LogP contribution in [0.4, 0.5) is 0 Å². The molecule has 1 N–H and O–H groups in total. The highest BCUT2D eigenvalue weighted by molar-refractivity contribution is 5.79. The van der Waals surface area contributed by atoms with Gasteiger partial charge in [0.25, 0.3) is 0 Å². The van der Waals surface area contributed by atoms with Gasteiger partial charge in [0.1, 0.15) is 0 Å². The summed E-state index contributed by atoms with van der Waals surface area (Å²) in [7, 11) is 0. The molecule has 1 aromatic rings. The van der Waals surface area contributed by atoms with Crippen molar-refractivity contribution in [2.75, 3.05) is 32.7 Å². The first-order valence-electron chi connectivity index (χ1n) is 11.0. The quantitative estimate of drug-likeness (QED) is 0.748. The molecule has 2 fully saturated rings. The SMILES string of the molecule is O=C(CCN1CCCCCC1=O)NC1CCCN(CCCc2ccccc2)C1. The molecule has 0 bridgehead atoms. The number of hydrogen-bond acceptors (Lipinski definition) is 3. The minimum Gasteiger partial charge on any atom is -0.352 e. The van der Waals surface area contributed by atoms with E-state index in [-0.39, 0.29) is 17.9 Å². The molecular weight excluding hydrogens is 350 g/mol. The summed E-state index contributed by atoms with van der Waals surface area (Å²) in [5.74, 6) is 0.306. The Kier molecular flexibility index (Phi) is 8.34. The summed E-state index contributed by atoms with van der Waals surface area (Å²) >= 11 is 0. The maximum absolute atomic E-state index is 12.4. The van der Waals surface area contributed by atoms with Gasteiger partial charge in [-0.15, -0.1) is 0 Å². The third kappa shape index (κ3) is 6.93. The standard InChI is InChI=1S/C23H35N3O2/c27-22(14-18-26-17-6-2-5-13-23(26)28)24-21-12-8-16-25(19-21)15-7-11-20-9-3-1-4-10-20/h1,3-4,9-10,21H,2,5-8,11-19H2,(H,24,27). The molecule has 3 rings (SSSR count). The zero-order valence-electron chi connectivity index (χ0n) is 17.1. The molecule has 154 valence electrons. The lowest BCUT2D eigenvalue weighted by molar-refractivity contribution is -0.131. The molecular formula is C23H35N3O2. The first-order valence-corrected chi connectivity index (χ1v) is 11.0. The maximum Gasteiger partial charge on any atom is 0.222 e. The van der Waals surface area contributed by atoms with Crippen molar-refractivity contribution >= 4 is 11.8 Å². The van der Waals surface area contributed by atoms with Crippen molar-refractivity contribution in [2.45, 2.75) is 63.8 Å². The second-order valence-electron chi connectivity index (χ2n) is 8.24. The molecule has 1 atom stereocenters. The van der Waals surface area contributed by atoms with Crippen molar-refractivity contribution in [3.63, 3.8) is 0 Å². The second kappa shape index (κ2) is 11.2. The van der Waals surface area contributed by atoms with E-state index in [1.165, 1.54) is 5.56 Å². The van der Waals surface area contributed by atoms with Crippen LogP contribution in [0.2, 0.25) is 0 Å². The van der Waals surface area contributed by atoms with Gasteiger partial charge in [-0.2, -0.15) is 0 Å². The minimum atomic E-state index is 0.0909. The third-order valence-corrected chi connectivity index (χ3v) is 5.93. The van der Waals surface area contributed by atoms with Gasteiger partial charge in [0.15, 0.2) is 0 Å². The molecule has 2 aliphatic rings. The first-order chi connectivity index (χ1) is 13.7. The number of amides is 2. The van der Waals surface area contributed by atoms with Crippen LogP contribution in [-0.2, 0) is 16.0 Å². The fraction of sp³-hybridized carbons (Fsp3) is 0.652. The van der Waals surface area contributed by atoms with Crippen LogP contribution in [0.15, 0.2) is 30.3 Å². The fourth-order valence-electron chi connectivity index (χ4n) is 4.34. The molecule has 28 heavy (non-hydrogen) atoms. The summed E-state index contributed by atoms with van der Waals surface area (Å²) in [6, 6.07) is 10.9. The molecule has 2 heterocycles. The van der Waals surface area contributed by atoms with Crippen LogP contribution in [0.3, 0.4) is 0 Å². The van der Waals surface area contributed by atoms with E-state index in [4.69, 9.17) is 0 Å². The molecule has 0 spiro atoms. The minimum absolute atomic E-state index is 0.0909. The molecule has 0 radical (unpaired) electrons. The van der Waals surface area contributed by atoms with Crippen molar-refractivity contribution in [3.8, 4) is 0 Å². The van der Waals surface area contributed by atoms with Crippen molar-refractivity contribution in [1.82, 2.24) is 15.1 Å². The number of piperidine rings is 1. The number of hydrogen-bond donors (Lipinski definition) is 1. The maximum atomic E-state index is 12.4. The number of carbonyl (C=O) groups excluding carboxylic acids is 2. The van der Waals surface area contributed by atoms with Gasteiger partial charge < -0.3 is 15.1 Å². The highest BCUT2D eigenvalue weighted by Gasteiger charge is 2.22. The van der Waals surface area contributed by atoms with Crippen molar-refractivity contribution in [1.29, 1.82) is 0 Å². The summed E-state index contributed by atoms with van der Waals surface area (Å²) in [5.41, 5.74) is 1.40. The van der Waals surface area contributed by atoms with E-state index in [2.05, 4.69) is 40.5 Å². The number of benzene rings is 1. The summed E-state index contributed by atoms with van der Waals surface area (Å²) in [4.78, 5) is 28.8. The van der Waals surface area contributed by atoms with Gasteiger partial charge in [-0.1, -0.05) is 36.8 Å². The van der Waals surface area contributed by atoms with Gasteiger partial charge in [0, 0.05) is 38.5 Å². The van der Waals surface area contributed by atoms with Crippen LogP contribution in [0, 0.1) is 0 Å². The first kappa shape index (κ1) is 20.8. The highest BCUT2D eigenvalue weighted by Crippen LogP contribution is 2.13. The highest BCUT2D eigenvalue weighted by atomic mass is 16.2. The van der Waals surface area contributed by atoms with Gasteiger partial charge in [-0.3, -0.25) is 9.59 Å². The molecule has 1 unspecified atom stereocenters. The lowest BCUT2D eigenvalue weighted by Crippen LogP contribution is -2.48. The van der Waals surface area contributed by atoms with Gasteiger partial charge >= 0.3 is 0 Å². The van der Waals surface area contributed by atoms with Crippen molar-refractivity contribution < 1.29 is 9.59 Å². The van der Waals surface area contributed by atoms with E-state index in [1.807, 2.05) is 4.90 Å². The number of likely N-dealkylation sites (tertiary alicyclic amines) is 2. The van der Waals surface area contributed by atoms with Gasteiger partial charge in [0.2, 0.25) is 11.8 Å². The predicted molar refractivity (Wildman–Crippen MR) is 112 cm³/mol. The van der Waals surface area contributed by atoms with E-state index in [9.17, 15) is 9.59 Å². The van der Waals surface area contributed by atoms with Crippen LogP contribution in [-0.4, -0.2) is 60.4 Å². The largest absolute Gasteiger partial charge is 0.352 e. The van der Waals surface area contributed by atoms with Gasteiger partial charge in [-0.25, -0.2) is 0 Å². The topological polar surface area (TPSA) is 52.7 Å². The Balaban J connectivity index is 1.34. The molecule has 2 amide bonds. The monoisotopic (exact) mass is 385 g/mol. The average molecular weight is 386 g/mol. The number of aryl methyl sites for hydroxylation is 1. The van der Waals surface area contributed by atoms with Crippen molar-refractivity contribution in [2.24, 2.45) is 0 Å². The van der Waals surface area contributed by atoms with Crippen LogP contribution in [0.5, 0.6) is 0 Å². The Bertz CT molecular complexity index is 620. The van der Waals surface area contributed by atoms with E-state index in [0.717, 1.165) is 71.1 Å². The molecule has 5 nitrogen and oxygen atoms in total. The Labute approximate surface area is 169 Å². The third-order valence-electron chi connectivity index (χ3n) is 5.93. The zero-order valence-corrected chi connectivity index (χ0v) is 17.1. The summed E-state index contributed by atoms with van der Waals surface area (Å²) in [5, 5.41) is 3.21. The Hall–Kier alpha value is -1.88. The summed E-state index contributed by atoms with van der Waals surface area (Å²) in [6.07, 6.45) is 8.71. The molecule has 0 aliphatic carbocycles. The lowest BCUT2D eigenvalue weighted by Gasteiger charge is -2.33. The number of nitrogens with one attached hydrogen (secondary N) is 1. The number of rotatable bonds is 8. The molecule has 2 aliphatic heterocycles. The summed E-state index contributed by atoms with van der Waals surface area (Å²) < 4.78 is 0. The normalized spacial score (nSPS) is 21.4. The molecule has 0 aromatic heterocycles. The van der Waals surface area contributed by atoms with Crippen LogP contribution >= 0.6 is 0 Å². The predicted octanol–water partition coefficient (Wildman–Crippen LogP) is 2.99. The van der Waals surface area contributed by atoms with E-state index < -0.39 is 0 Å². The smallest absolute Gasteiger partial charge is 0.222 e. The average Bonchev–Trinajstić information content (AvgIpc) is 2.91. The Morgan fingerprint density at radius 1 is 1.04 bits per heavy atom. The molecule has 2 saturated heterocycles. The van der Waals surface area contributed by atoms with E-state index in [0.29, 0.717) is 19.4 Å². The van der Waals surface area contributed by atoms with Gasteiger partial charge in [-0.05, 0) is 57.2 Å². The van der Waals surface area contributed by atoms with Crippen LogP contribution < -0.4 is 5.32 Å². The van der Waals surface area contributed by atoms with Crippen molar-refractivity contribution in [3.05, 3.63) is 35.9 Å². The van der Waals surface area contributed by atoms with E-state index in [1.54, 1.807) is 0 Å². The lowest BCUT2D eigenvalue weighted by atomic mass is 10.0. The molecule has 5 heteroatoms. The zero-order chi connectivity index (χ0) is 19.6. The second-order valence-corrected chi connectivity index (χ2v) is 8.24. The number of carbonyl (C=O) groups is 2. The number of nitrogens with zero attached hydrogens (tertiary/aromatic N) is 2. The van der Waals surface area contributed by atoms with E-state index >= 15 is 0 Å². The fourth-order valence-corrected chi connectivity index (χ4v) is 4.34. The van der Waals surface area contributed by atoms with Gasteiger partial charge in [0.05, 0.1) is 0 Å². The Morgan fingerprint density at radius 2 is 1.89 bits per heavy atom. The van der Waals surface area contributed by atoms with Crippen LogP contribution in [0.1, 0.15) is 56.9 Å². The molecule has 1 aromatic carbocycles.